The monoisotopic (exact) mass is 266 g/mol. The Labute approximate surface area is 108 Å². The van der Waals surface area contributed by atoms with Crippen molar-refractivity contribution >= 4 is 28.9 Å². The number of hydrogen-bond donors (Lipinski definition) is 5. The van der Waals surface area contributed by atoms with E-state index in [-0.39, 0.29) is 5.95 Å². The van der Waals surface area contributed by atoms with Crippen LogP contribution in [0.25, 0.3) is 0 Å². The number of anilines is 3. The Morgan fingerprint density at radius 3 is 2.83 bits per heavy atom. The van der Waals surface area contributed by atoms with E-state index in [9.17, 15) is 5.11 Å². The highest BCUT2D eigenvalue weighted by Gasteiger charge is 2.08. The molecular weight excluding hydrogens is 252 g/mol. The Kier molecular flexibility index (Phi) is 3.92. The molecule has 0 bridgehead atoms. The number of aliphatic hydroxyl groups excluding tert-OH is 1. The van der Waals surface area contributed by atoms with E-state index in [0.717, 1.165) is 5.56 Å². The maximum absolute atomic E-state index is 9.90. The molecule has 0 fully saturated rings. The van der Waals surface area contributed by atoms with Gasteiger partial charge in [0.25, 0.3) is 0 Å². The number of nitrogens with one attached hydrogen (secondary N) is 2. The van der Waals surface area contributed by atoms with E-state index in [0.29, 0.717) is 18.2 Å². The van der Waals surface area contributed by atoms with E-state index in [1.165, 1.54) is 11.3 Å². The van der Waals surface area contributed by atoms with Crippen molar-refractivity contribution in [3.63, 3.8) is 0 Å². The molecule has 18 heavy (non-hydrogen) atoms. The molecule has 0 aromatic carbocycles. The summed E-state index contributed by atoms with van der Waals surface area (Å²) in [5.41, 5.74) is 8.78. The predicted octanol–water partition coefficient (Wildman–Crippen LogP) is 0.551. The first-order valence-electron chi connectivity index (χ1n) is 5.24. The van der Waals surface area contributed by atoms with Gasteiger partial charge in [-0.1, -0.05) is 0 Å². The Bertz CT molecular complexity index is 503. The minimum absolute atomic E-state index is 0.109. The van der Waals surface area contributed by atoms with Crippen LogP contribution in [-0.4, -0.2) is 21.6 Å². The molecule has 0 aliphatic carbocycles. The largest absolute Gasteiger partial charge is 0.387 e. The van der Waals surface area contributed by atoms with E-state index < -0.39 is 6.10 Å². The predicted molar refractivity (Wildman–Crippen MR) is 72.0 cm³/mol. The number of rotatable bonds is 5. The van der Waals surface area contributed by atoms with Crippen molar-refractivity contribution in [2.24, 2.45) is 5.84 Å². The molecule has 2 rings (SSSR count). The Hall–Kier alpha value is -1.90. The summed E-state index contributed by atoms with van der Waals surface area (Å²) in [6.45, 7) is 0.331. The van der Waals surface area contributed by atoms with Gasteiger partial charge in [-0.15, -0.1) is 0 Å². The van der Waals surface area contributed by atoms with Crippen molar-refractivity contribution in [3.05, 3.63) is 28.5 Å². The molecule has 8 heteroatoms. The fourth-order valence-electron chi connectivity index (χ4n) is 1.41. The third-order valence-corrected chi connectivity index (χ3v) is 3.00. The molecule has 0 aliphatic rings. The van der Waals surface area contributed by atoms with Crippen molar-refractivity contribution in [1.29, 1.82) is 0 Å². The second kappa shape index (κ2) is 5.63. The van der Waals surface area contributed by atoms with Crippen LogP contribution in [0.2, 0.25) is 0 Å². The lowest BCUT2D eigenvalue weighted by atomic mass is 10.2. The molecule has 0 aliphatic heterocycles. The first kappa shape index (κ1) is 12.6. The smallest absolute Gasteiger partial charge is 0.223 e. The van der Waals surface area contributed by atoms with E-state index in [4.69, 9.17) is 11.6 Å². The number of nitrogens with two attached hydrogens (primary N) is 2. The fourth-order valence-corrected chi connectivity index (χ4v) is 2.12. The van der Waals surface area contributed by atoms with Gasteiger partial charge in [0.2, 0.25) is 5.95 Å². The maximum atomic E-state index is 9.90. The standard InChI is InChI=1S/C10H14N6OS/c11-10-14-8(3-9(15-10)16-12)13-4-7(17)6-1-2-18-5-6/h1-3,5,7,17H,4,12H2,(H4,11,13,14,15,16). The first-order valence-corrected chi connectivity index (χ1v) is 6.18. The molecule has 7 nitrogen and oxygen atoms in total. The number of nitrogens with zero attached hydrogens (tertiary/aromatic N) is 2. The average molecular weight is 266 g/mol. The summed E-state index contributed by atoms with van der Waals surface area (Å²) in [7, 11) is 0. The van der Waals surface area contributed by atoms with Gasteiger partial charge < -0.3 is 21.6 Å². The minimum atomic E-state index is -0.596. The summed E-state index contributed by atoms with van der Waals surface area (Å²) in [5, 5.41) is 16.7. The van der Waals surface area contributed by atoms with Crippen LogP contribution in [0.3, 0.4) is 0 Å². The number of aromatic nitrogens is 2. The van der Waals surface area contributed by atoms with Gasteiger partial charge in [0.15, 0.2) is 0 Å². The zero-order valence-electron chi connectivity index (χ0n) is 9.50. The third-order valence-electron chi connectivity index (χ3n) is 2.30. The van der Waals surface area contributed by atoms with E-state index in [1.54, 1.807) is 6.07 Å². The van der Waals surface area contributed by atoms with Crippen LogP contribution >= 0.6 is 11.3 Å². The van der Waals surface area contributed by atoms with Crippen LogP contribution in [0.15, 0.2) is 22.9 Å². The Morgan fingerprint density at radius 1 is 1.39 bits per heavy atom. The molecule has 0 radical (unpaired) electrons. The quantitative estimate of drug-likeness (QED) is 0.395. The Balaban J connectivity index is 1.99. The number of hydrazine groups is 1. The zero-order valence-corrected chi connectivity index (χ0v) is 10.3. The first-order chi connectivity index (χ1) is 8.69. The molecule has 0 spiro atoms. The van der Waals surface area contributed by atoms with Gasteiger partial charge in [-0.3, -0.25) is 0 Å². The molecule has 0 amide bonds. The molecule has 1 unspecified atom stereocenters. The second-order valence-electron chi connectivity index (χ2n) is 3.59. The summed E-state index contributed by atoms with van der Waals surface area (Å²) in [5.74, 6) is 6.27. The lowest BCUT2D eigenvalue weighted by Gasteiger charge is -2.12. The average Bonchev–Trinajstić information content (AvgIpc) is 2.89. The normalized spacial score (nSPS) is 12.1. The summed E-state index contributed by atoms with van der Waals surface area (Å²) in [4.78, 5) is 7.85. The topological polar surface area (TPSA) is 122 Å². The third kappa shape index (κ3) is 3.06. The minimum Gasteiger partial charge on any atom is -0.387 e. The highest BCUT2D eigenvalue weighted by atomic mass is 32.1. The van der Waals surface area contributed by atoms with Crippen molar-refractivity contribution in [2.45, 2.75) is 6.10 Å². The molecule has 2 aromatic heterocycles. The summed E-state index contributed by atoms with van der Waals surface area (Å²) in [6, 6.07) is 3.48. The molecule has 1 atom stereocenters. The van der Waals surface area contributed by atoms with E-state index in [2.05, 4.69) is 20.7 Å². The number of nitrogen functional groups attached to an aromatic ring is 2. The van der Waals surface area contributed by atoms with Gasteiger partial charge in [0.1, 0.15) is 11.6 Å². The summed E-state index contributed by atoms with van der Waals surface area (Å²) >= 11 is 1.54. The van der Waals surface area contributed by atoms with Gasteiger partial charge in [-0.05, 0) is 22.4 Å². The SMILES string of the molecule is NNc1cc(NCC(O)c2ccsc2)nc(N)n1. The van der Waals surface area contributed by atoms with Crippen LogP contribution < -0.4 is 22.3 Å². The fraction of sp³-hybridized carbons (Fsp3) is 0.200. The maximum Gasteiger partial charge on any atom is 0.223 e. The van der Waals surface area contributed by atoms with Crippen LogP contribution in [0.5, 0.6) is 0 Å². The van der Waals surface area contributed by atoms with Gasteiger partial charge in [0, 0.05) is 12.6 Å². The van der Waals surface area contributed by atoms with Crippen LogP contribution in [0.4, 0.5) is 17.6 Å². The van der Waals surface area contributed by atoms with Crippen LogP contribution in [0.1, 0.15) is 11.7 Å². The zero-order chi connectivity index (χ0) is 13.0. The second-order valence-corrected chi connectivity index (χ2v) is 4.37. The Morgan fingerprint density at radius 2 is 2.17 bits per heavy atom. The molecule has 96 valence electrons. The number of thiophene rings is 1. The molecular formula is C10H14N6OS. The lowest BCUT2D eigenvalue weighted by Crippen LogP contribution is -2.15. The van der Waals surface area contributed by atoms with Gasteiger partial charge in [-0.25, -0.2) is 5.84 Å². The molecule has 2 aromatic rings. The van der Waals surface area contributed by atoms with Crippen molar-refractivity contribution < 1.29 is 5.11 Å². The van der Waals surface area contributed by atoms with Crippen molar-refractivity contribution in [2.75, 3.05) is 23.0 Å². The van der Waals surface area contributed by atoms with Gasteiger partial charge in [0.05, 0.1) is 6.10 Å². The van der Waals surface area contributed by atoms with Crippen molar-refractivity contribution in [3.8, 4) is 0 Å². The molecule has 2 heterocycles. The van der Waals surface area contributed by atoms with Crippen LogP contribution in [0, 0.1) is 0 Å². The van der Waals surface area contributed by atoms with Crippen LogP contribution in [-0.2, 0) is 0 Å². The van der Waals surface area contributed by atoms with Crippen molar-refractivity contribution in [1.82, 2.24) is 9.97 Å². The summed E-state index contributed by atoms with van der Waals surface area (Å²) < 4.78 is 0. The molecule has 0 saturated heterocycles. The van der Waals surface area contributed by atoms with Gasteiger partial charge in [-0.2, -0.15) is 21.3 Å². The highest BCUT2D eigenvalue weighted by molar-refractivity contribution is 7.07. The lowest BCUT2D eigenvalue weighted by molar-refractivity contribution is 0.192. The molecule has 0 saturated carbocycles. The van der Waals surface area contributed by atoms with E-state index in [1.807, 2.05) is 16.8 Å². The van der Waals surface area contributed by atoms with E-state index >= 15 is 0 Å². The number of hydrogen-bond acceptors (Lipinski definition) is 8. The number of aliphatic hydroxyl groups is 1. The molecule has 7 N–H and O–H groups in total. The summed E-state index contributed by atoms with van der Waals surface area (Å²) in [6.07, 6.45) is -0.596. The highest BCUT2D eigenvalue weighted by Crippen LogP contribution is 2.17. The van der Waals surface area contributed by atoms with Gasteiger partial charge >= 0.3 is 0 Å².